The fourth-order valence-electron chi connectivity index (χ4n) is 3.28. The summed E-state index contributed by atoms with van der Waals surface area (Å²) in [5.74, 6) is 0.641. The third-order valence-corrected chi connectivity index (χ3v) is 4.74. The van der Waals surface area contributed by atoms with Gasteiger partial charge in [0.2, 0.25) is 23.7 Å². The van der Waals surface area contributed by atoms with Crippen LogP contribution in [0.4, 0.5) is 27.7 Å². The molecule has 4 rings (SSSR count). The van der Waals surface area contributed by atoms with Gasteiger partial charge in [0.15, 0.2) is 0 Å². The molecule has 0 saturated carbocycles. The third kappa shape index (κ3) is 5.41. The predicted molar refractivity (Wildman–Crippen MR) is 114 cm³/mol. The summed E-state index contributed by atoms with van der Waals surface area (Å²) in [5.41, 5.74) is 0.631. The Balaban J connectivity index is 1.38. The minimum atomic E-state index is -0.520. The number of hydrogen-bond acceptors (Lipinski definition) is 8. The highest BCUT2D eigenvalue weighted by molar-refractivity contribution is 5.89. The van der Waals surface area contributed by atoms with Crippen molar-refractivity contribution in [2.75, 3.05) is 28.6 Å². The van der Waals surface area contributed by atoms with Crippen molar-refractivity contribution in [2.24, 2.45) is 0 Å². The molecule has 0 bridgehead atoms. The van der Waals surface area contributed by atoms with Crippen molar-refractivity contribution in [1.82, 2.24) is 19.9 Å². The van der Waals surface area contributed by atoms with E-state index in [1.54, 1.807) is 12.3 Å². The van der Waals surface area contributed by atoms with E-state index in [0.717, 1.165) is 25.9 Å². The van der Waals surface area contributed by atoms with Crippen LogP contribution in [0.25, 0.3) is 0 Å². The molecule has 1 saturated heterocycles. The quantitative estimate of drug-likeness (QED) is 0.623. The SMILES string of the molecule is CC(=O)Nc1cc(Nc2ncnc(N3CCC(Oc4ccccn4)CC3)n2)ccc1F. The average Bonchev–Trinajstić information content (AvgIpc) is 2.77. The van der Waals surface area contributed by atoms with E-state index in [9.17, 15) is 9.18 Å². The van der Waals surface area contributed by atoms with Gasteiger partial charge < -0.3 is 20.3 Å². The molecule has 0 spiro atoms. The first-order chi connectivity index (χ1) is 15.1. The number of benzene rings is 1. The summed E-state index contributed by atoms with van der Waals surface area (Å²) in [7, 11) is 0. The first-order valence-electron chi connectivity index (χ1n) is 9.92. The minimum Gasteiger partial charge on any atom is -0.474 e. The number of nitrogens with zero attached hydrogens (tertiary/aromatic N) is 5. The molecule has 0 aliphatic carbocycles. The predicted octanol–water partition coefficient (Wildman–Crippen LogP) is 3.16. The summed E-state index contributed by atoms with van der Waals surface area (Å²) < 4.78 is 19.8. The van der Waals surface area contributed by atoms with E-state index < -0.39 is 5.82 Å². The van der Waals surface area contributed by atoms with Gasteiger partial charge in [0.1, 0.15) is 18.2 Å². The normalized spacial score (nSPS) is 14.2. The lowest BCUT2D eigenvalue weighted by Crippen LogP contribution is -2.39. The summed E-state index contributed by atoms with van der Waals surface area (Å²) in [4.78, 5) is 30.4. The van der Waals surface area contributed by atoms with E-state index >= 15 is 0 Å². The number of halogens is 1. The molecule has 10 heteroatoms. The fourth-order valence-corrected chi connectivity index (χ4v) is 3.28. The summed E-state index contributed by atoms with van der Waals surface area (Å²) >= 11 is 0. The molecule has 0 unspecified atom stereocenters. The maximum atomic E-state index is 13.8. The minimum absolute atomic E-state index is 0.0850. The van der Waals surface area contributed by atoms with Crippen molar-refractivity contribution in [3.8, 4) is 5.88 Å². The molecule has 1 aromatic carbocycles. The van der Waals surface area contributed by atoms with Gasteiger partial charge >= 0.3 is 0 Å². The van der Waals surface area contributed by atoms with Gasteiger partial charge in [0, 0.05) is 50.8 Å². The van der Waals surface area contributed by atoms with E-state index in [-0.39, 0.29) is 17.7 Å². The van der Waals surface area contributed by atoms with Gasteiger partial charge in [-0.2, -0.15) is 4.98 Å². The van der Waals surface area contributed by atoms with Gasteiger partial charge in [-0.3, -0.25) is 4.79 Å². The summed E-state index contributed by atoms with van der Waals surface area (Å²) in [6.07, 6.45) is 4.88. The number of piperidine rings is 1. The summed E-state index contributed by atoms with van der Waals surface area (Å²) in [5, 5.41) is 5.48. The molecule has 1 aliphatic rings. The maximum Gasteiger partial charge on any atom is 0.231 e. The Hall–Kier alpha value is -3.82. The van der Waals surface area contributed by atoms with Gasteiger partial charge in [-0.1, -0.05) is 6.07 Å². The van der Waals surface area contributed by atoms with E-state index in [1.807, 2.05) is 18.2 Å². The molecule has 31 heavy (non-hydrogen) atoms. The van der Waals surface area contributed by atoms with Crippen LogP contribution >= 0.6 is 0 Å². The number of anilines is 4. The zero-order valence-electron chi connectivity index (χ0n) is 17.0. The number of nitrogens with one attached hydrogen (secondary N) is 2. The van der Waals surface area contributed by atoms with Crippen LogP contribution in [0, 0.1) is 5.82 Å². The molecule has 160 valence electrons. The van der Waals surface area contributed by atoms with Gasteiger partial charge in [0.25, 0.3) is 0 Å². The summed E-state index contributed by atoms with van der Waals surface area (Å²) in [6.45, 7) is 2.80. The van der Waals surface area contributed by atoms with Crippen molar-refractivity contribution in [2.45, 2.75) is 25.9 Å². The number of carbonyl (C=O) groups excluding carboxylic acids is 1. The van der Waals surface area contributed by atoms with E-state index in [1.165, 1.54) is 25.4 Å². The molecule has 1 fully saturated rings. The van der Waals surface area contributed by atoms with E-state index in [2.05, 4.69) is 35.5 Å². The molecule has 1 aliphatic heterocycles. The molecule has 2 aromatic heterocycles. The third-order valence-electron chi connectivity index (χ3n) is 4.74. The topological polar surface area (TPSA) is 105 Å². The highest BCUT2D eigenvalue weighted by Crippen LogP contribution is 2.23. The number of aromatic nitrogens is 4. The Morgan fingerprint density at radius 1 is 1.16 bits per heavy atom. The zero-order valence-corrected chi connectivity index (χ0v) is 17.0. The number of carbonyl (C=O) groups is 1. The van der Waals surface area contributed by atoms with Gasteiger partial charge in [-0.25, -0.2) is 19.3 Å². The van der Waals surface area contributed by atoms with Crippen LogP contribution in [-0.4, -0.2) is 45.0 Å². The largest absolute Gasteiger partial charge is 0.474 e. The monoisotopic (exact) mass is 423 g/mol. The van der Waals surface area contributed by atoms with Crippen molar-refractivity contribution >= 4 is 29.2 Å². The molecule has 3 heterocycles. The highest BCUT2D eigenvalue weighted by Gasteiger charge is 2.23. The van der Waals surface area contributed by atoms with Crippen molar-refractivity contribution in [3.05, 3.63) is 54.7 Å². The Morgan fingerprint density at radius 3 is 2.74 bits per heavy atom. The molecule has 1 amide bonds. The Morgan fingerprint density at radius 2 is 2.00 bits per heavy atom. The van der Waals surface area contributed by atoms with Crippen LogP contribution in [0.15, 0.2) is 48.9 Å². The standard InChI is InChI=1S/C21H22FN7O2/c1-14(30)26-18-12-15(5-6-17(18)22)27-20-24-13-25-21(28-20)29-10-7-16(8-11-29)31-19-4-2-3-9-23-19/h2-6,9,12-13,16H,7-8,10-11H2,1H3,(H,26,30)(H,24,25,27,28). The number of hydrogen-bond donors (Lipinski definition) is 2. The number of amides is 1. The van der Waals surface area contributed by atoms with Crippen LogP contribution < -0.4 is 20.3 Å². The molecular weight excluding hydrogens is 401 g/mol. The Kier molecular flexibility index (Phi) is 6.16. The molecule has 3 aromatic rings. The molecule has 0 atom stereocenters. The maximum absolute atomic E-state index is 13.8. The van der Waals surface area contributed by atoms with E-state index in [4.69, 9.17) is 4.74 Å². The van der Waals surface area contributed by atoms with Crippen molar-refractivity contribution in [1.29, 1.82) is 0 Å². The first kappa shape index (κ1) is 20.5. The van der Waals surface area contributed by atoms with E-state index in [0.29, 0.717) is 23.5 Å². The first-order valence-corrected chi connectivity index (χ1v) is 9.92. The van der Waals surface area contributed by atoms with Gasteiger partial charge in [-0.05, 0) is 24.3 Å². The molecule has 0 radical (unpaired) electrons. The van der Waals surface area contributed by atoms with Gasteiger partial charge in [-0.15, -0.1) is 0 Å². The van der Waals surface area contributed by atoms with Gasteiger partial charge in [0.05, 0.1) is 5.69 Å². The Labute approximate surface area is 178 Å². The second-order valence-electron chi connectivity index (χ2n) is 7.08. The molecule has 2 N–H and O–H groups in total. The lowest BCUT2D eigenvalue weighted by atomic mass is 10.1. The number of pyridine rings is 1. The van der Waals surface area contributed by atoms with Crippen LogP contribution in [0.2, 0.25) is 0 Å². The highest BCUT2D eigenvalue weighted by atomic mass is 19.1. The van der Waals surface area contributed by atoms with Crippen LogP contribution in [0.3, 0.4) is 0 Å². The summed E-state index contributed by atoms with van der Waals surface area (Å²) in [6, 6.07) is 9.90. The van der Waals surface area contributed by atoms with Crippen molar-refractivity contribution < 1.29 is 13.9 Å². The zero-order chi connectivity index (χ0) is 21.6. The Bertz CT molecular complexity index is 1040. The van der Waals surface area contributed by atoms with Crippen molar-refractivity contribution in [3.63, 3.8) is 0 Å². The fraction of sp³-hybridized carbons (Fsp3) is 0.286. The van der Waals surface area contributed by atoms with Crippen LogP contribution in [-0.2, 0) is 4.79 Å². The lowest BCUT2D eigenvalue weighted by Gasteiger charge is -2.31. The smallest absolute Gasteiger partial charge is 0.231 e. The second kappa shape index (κ2) is 9.33. The average molecular weight is 423 g/mol. The number of ether oxygens (including phenoxy) is 1. The van der Waals surface area contributed by atoms with Crippen LogP contribution in [0.1, 0.15) is 19.8 Å². The van der Waals surface area contributed by atoms with Crippen LogP contribution in [0.5, 0.6) is 5.88 Å². The second-order valence-corrected chi connectivity index (χ2v) is 7.08. The molecule has 9 nitrogen and oxygen atoms in total. The molecular formula is C21H22FN7O2. The number of rotatable bonds is 6. The lowest BCUT2D eigenvalue weighted by molar-refractivity contribution is -0.114.